The van der Waals surface area contributed by atoms with E-state index < -0.39 is 0 Å². The molecule has 0 saturated carbocycles. The first-order valence-corrected chi connectivity index (χ1v) is 10.3. The van der Waals surface area contributed by atoms with Gasteiger partial charge in [0.05, 0.1) is 23.9 Å². The zero-order valence-electron chi connectivity index (χ0n) is 16.8. The van der Waals surface area contributed by atoms with Crippen LogP contribution in [0.2, 0.25) is 0 Å². The smallest absolute Gasteiger partial charge is 0.258 e. The van der Waals surface area contributed by atoms with Crippen LogP contribution in [0.15, 0.2) is 72.3 Å². The fourth-order valence-electron chi connectivity index (χ4n) is 3.06. The van der Waals surface area contributed by atoms with E-state index in [0.717, 1.165) is 5.56 Å². The van der Waals surface area contributed by atoms with E-state index in [1.165, 1.54) is 11.8 Å². The summed E-state index contributed by atoms with van der Waals surface area (Å²) in [5.41, 5.74) is 3.29. The van der Waals surface area contributed by atoms with Crippen molar-refractivity contribution in [3.8, 4) is 22.9 Å². The van der Waals surface area contributed by atoms with Gasteiger partial charge in [0.1, 0.15) is 16.8 Å². The molecule has 1 N–H and O–H groups in total. The van der Waals surface area contributed by atoms with Crippen molar-refractivity contribution in [2.45, 2.75) is 11.9 Å². The summed E-state index contributed by atoms with van der Waals surface area (Å²) in [6.07, 6.45) is 1.76. The third kappa shape index (κ3) is 4.53. The molecule has 0 radical (unpaired) electrons. The van der Waals surface area contributed by atoms with Gasteiger partial charge in [0, 0.05) is 17.0 Å². The second-order valence-corrected chi connectivity index (χ2v) is 7.40. The lowest BCUT2D eigenvalue weighted by atomic mass is 9.94. The number of aryl methyl sites for hydroxylation is 1. The number of rotatable bonds is 7. The summed E-state index contributed by atoms with van der Waals surface area (Å²) in [7, 11) is 1.59. The van der Waals surface area contributed by atoms with Crippen molar-refractivity contribution in [3.63, 3.8) is 0 Å². The third-order valence-electron chi connectivity index (χ3n) is 4.43. The summed E-state index contributed by atoms with van der Waals surface area (Å²) >= 11 is 1.42. The largest absolute Gasteiger partial charge is 0.497 e. The molecule has 0 atom stereocenters. The lowest BCUT2D eigenvalue weighted by Gasteiger charge is -2.17. The van der Waals surface area contributed by atoms with E-state index in [0.29, 0.717) is 44.6 Å². The van der Waals surface area contributed by atoms with E-state index in [4.69, 9.17) is 4.74 Å². The molecule has 0 spiro atoms. The van der Waals surface area contributed by atoms with Gasteiger partial charge in [-0.2, -0.15) is 5.26 Å². The zero-order valence-corrected chi connectivity index (χ0v) is 17.6. The maximum atomic E-state index is 13.2. The van der Waals surface area contributed by atoms with Crippen LogP contribution < -0.4 is 10.1 Å². The molecular weight excluding hydrogens is 394 g/mol. The number of carbonyl (C=O) groups excluding carboxylic acids is 1. The summed E-state index contributed by atoms with van der Waals surface area (Å²) in [6, 6.07) is 18.8. The van der Waals surface area contributed by atoms with Gasteiger partial charge < -0.3 is 10.1 Å². The minimum absolute atomic E-state index is 0.311. The Bertz CT molecular complexity index is 1100. The number of hydrogen-bond donors (Lipinski definition) is 1. The maximum absolute atomic E-state index is 13.2. The number of anilines is 1. The van der Waals surface area contributed by atoms with E-state index in [2.05, 4.69) is 22.9 Å². The van der Waals surface area contributed by atoms with Gasteiger partial charge >= 0.3 is 0 Å². The van der Waals surface area contributed by atoms with E-state index in [9.17, 15) is 10.1 Å². The van der Waals surface area contributed by atoms with E-state index >= 15 is 0 Å². The fourth-order valence-corrected chi connectivity index (χ4v) is 3.83. The molecule has 6 heteroatoms. The number of hydrogen-bond acceptors (Lipinski definition) is 5. The van der Waals surface area contributed by atoms with Crippen molar-refractivity contribution in [3.05, 3.63) is 84.1 Å². The molecule has 3 rings (SSSR count). The van der Waals surface area contributed by atoms with Crippen LogP contribution in [-0.4, -0.2) is 23.8 Å². The van der Waals surface area contributed by atoms with Crippen LogP contribution in [0, 0.1) is 18.3 Å². The lowest BCUT2D eigenvalue weighted by molar-refractivity contribution is 0.102. The number of nitrogens with one attached hydrogen (secondary N) is 1. The van der Waals surface area contributed by atoms with Gasteiger partial charge in [0.2, 0.25) is 0 Å². The standard InChI is InChI=1S/C24H21N3O2S/c1-4-14-30-24-20(15-25)22(17-10-12-19(29-3)13-11-17)21(16(2)26-24)23(28)27-18-8-6-5-7-9-18/h4-13H,1,14H2,2-3H3,(H,27,28). The van der Waals surface area contributed by atoms with Gasteiger partial charge in [-0.05, 0) is 36.8 Å². The van der Waals surface area contributed by atoms with Gasteiger partial charge in [0.25, 0.3) is 5.91 Å². The number of amides is 1. The van der Waals surface area contributed by atoms with Crippen molar-refractivity contribution >= 4 is 23.4 Å². The number of para-hydroxylation sites is 1. The first kappa shape index (κ1) is 21.2. The van der Waals surface area contributed by atoms with Crippen molar-refractivity contribution < 1.29 is 9.53 Å². The number of thioether (sulfide) groups is 1. The Balaban J connectivity index is 2.20. The average molecular weight is 416 g/mol. The summed E-state index contributed by atoms with van der Waals surface area (Å²) in [6.45, 7) is 5.52. The van der Waals surface area contributed by atoms with Crippen LogP contribution in [0.3, 0.4) is 0 Å². The van der Waals surface area contributed by atoms with Crippen molar-refractivity contribution in [1.29, 1.82) is 5.26 Å². The molecule has 0 saturated heterocycles. The number of nitrogens with zero attached hydrogens (tertiary/aromatic N) is 2. The first-order chi connectivity index (χ1) is 14.6. The van der Waals surface area contributed by atoms with Crippen LogP contribution >= 0.6 is 11.8 Å². The summed E-state index contributed by atoms with van der Waals surface area (Å²) in [4.78, 5) is 17.8. The van der Waals surface area contributed by atoms with Gasteiger partial charge in [-0.15, -0.1) is 18.3 Å². The van der Waals surface area contributed by atoms with Crippen LogP contribution in [0.4, 0.5) is 5.69 Å². The molecule has 2 aromatic carbocycles. The third-order valence-corrected chi connectivity index (χ3v) is 5.40. The molecule has 5 nitrogen and oxygen atoms in total. The summed E-state index contributed by atoms with van der Waals surface area (Å²) in [5, 5.41) is 13.5. The van der Waals surface area contributed by atoms with Crippen LogP contribution in [0.25, 0.3) is 11.1 Å². The molecule has 1 amide bonds. The van der Waals surface area contributed by atoms with Gasteiger partial charge in [-0.25, -0.2) is 4.98 Å². The number of aromatic nitrogens is 1. The number of benzene rings is 2. The van der Waals surface area contributed by atoms with Crippen LogP contribution in [-0.2, 0) is 0 Å². The molecule has 3 aromatic rings. The maximum Gasteiger partial charge on any atom is 0.258 e. The molecule has 1 aromatic heterocycles. The second-order valence-electron chi connectivity index (χ2n) is 6.39. The molecule has 0 fully saturated rings. The Morgan fingerprint density at radius 1 is 1.23 bits per heavy atom. The van der Waals surface area contributed by atoms with Crippen molar-refractivity contribution in [1.82, 2.24) is 4.98 Å². The van der Waals surface area contributed by atoms with Gasteiger partial charge in [-0.3, -0.25) is 4.79 Å². The fraction of sp³-hybridized carbons (Fsp3) is 0.125. The summed E-state index contributed by atoms with van der Waals surface area (Å²) < 4.78 is 5.25. The van der Waals surface area contributed by atoms with Gasteiger partial charge in [0.15, 0.2) is 0 Å². The molecule has 0 aliphatic carbocycles. The number of ether oxygens (including phenoxy) is 1. The van der Waals surface area contributed by atoms with Crippen molar-refractivity contribution in [2.75, 3.05) is 18.2 Å². The molecule has 1 heterocycles. The molecule has 0 aliphatic rings. The highest BCUT2D eigenvalue weighted by atomic mass is 32.2. The minimum Gasteiger partial charge on any atom is -0.497 e. The van der Waals surface area contributed by atoms with Crippen LogP contribution in [0.5, 0.6) is 5.75 Å². The van der Waals surface area contributed by atoms with Crippen LogP contribution in [0.1, 0.15) is 21.6 Å². The Kier molecular flexibility index (Phi) is 6.89. The number of nitriles is 1. The minimum atomic E-state index is -0.311. The number of methoxy groups -OCH3 is 1. The molecule has 0 unspecified atom stereocenters. The highest BCUT2D eigenvalue weighted by Gasteiger charge is 2.24. The Morgan fingerprint density at radius 2 is 1.93 bits per heavy atom. The Labute approximate surface area is 180 Å². The lowest BCUT2D eigenvalue weighted by Crippen LogP contribution is -2.17. The predicted molar refractivity (Wildman–Crippen MR) is 121 cm³/mol. The highest BCUT2D eigenvalue weighted by molar-refractivity contribution is 7.99. The topological polar surface area (TPSA) is 75.0 Å². The second kappa shape index (κ2) is 9.77. The first-order valence-electron chi connectivity index (χ1n) is 9.28. The normalized spacial score (nSPS) is 10.2. The van der Waals surface area contributed by atoms with E-state index in [-0.39, 0.29) is 5.91 Å². The predicted octanol–water partition coefficient (Wildman–Crippen LogP) is 5.47. The van der Waals surface area contributed by atoms with Crippen molar-refractivity contribution in [2.24, 2.45) is 0 Å². The van der Waals surface area contributed by atoms with E-state index in [1.807, 2.05) is 54.6 Å². The molecule has 150 valence electrons. The Hall–Kier alpha value is -3.56. The zero-order chi connectivity index (χ0) is 21.5. The molecule has 0 aliphatic heterocycles. The molecular formula is C24H21N3O2S. The van der Waals surface area contributed by atoms with Gasteiger partial charge in [-0.1, -0.05) is 36.4 Å². The SMILES string of the molecule is C=CCSc1nc(C)c(C(=O)Nc2ccccc2)c(-c2ccc(OC)cc2)c1C#N. The number of carbonyl (C=O) groups is 1. The quantitative estimate of drug-likeness (QED) is 0.409. The molecule has 30 heavy (non-hydrogen) atoms. The average Bonchev–Trinajstić information content (AvgIpc) is 2.77. The number of pyridine rings is 1. The highest BCUT2D eigenvalue weighted by Crippen LogP contribution is 2.36. The van der Waals surface area contributed by atoms with E-state index in [1.54, 1.807) is 20.1 Å². The Morgan fingerprint density at radius 3 is 2.53 bits per heavy atom. The monoisotopic (exact) mass is 415 g/mol. The summed E-state index contributed by atoms with van der Waals surface area (Å²) in [5.74, 6) is 0.993. The molecule has 0 bridgehead atoms.